The first-order valence-corrected chi connectivity index (χ1v) is 8.20. The van der Waals surface area contributed by atoms with Crippen LogP contribution in [0.25, 0.3) is 11.0 Å². The Morgan fingerprint density at radius 3 is 2.96 bits per heavy atom. The van der Waals surface area contributed by atoms with Gasteiger partial charge >= 0.3 is 0 Å². The fourth-order valence-electron chi connectivity index (χ4n) is 2.12. The van der Waals surface area contributed by atoms with Crippen molar-refractivity contribution in [1.82, 2.24) is 14.7 Å². The van der Waals surface area contributed by atoms with Crippen LogP contribution in [0.1, 0.15) is 11.3 Å². The van der Waals surface area contributed by atoms with Crippen LogP contribution in [-0.2, 0) is 11.2 Å². The molecule has 1 aromatic carbocycles. The van der Waals surface area contributed by atoms with Gasteiger partial charge in [-0.05, 0) is 30.2 Å². The number of nitrogens with zero attached hydrogens (tertiary/aromatic N) is 2. The lowest BCUT2D eigenvalue weighted by Gasteiger charge is -2.02. The van der Waals surface area contributed by atoms with Crippen LogP contribution in [0, 0.1) is 5.82 Å². The number of fused-ring (bicyclic) bond motifs is 1. The summed E-state index contributed by atoms with van der Waals surface area (Å²) in [5.74, 6) is -0.480. The van der Waals surface area contributed by atoms with E-state index in [0.29, 0.717) is 23.8 Å². The Morgan fingerprint density at radius 2 is 2.17 bits per heavy atom. The minimum Gasteiger partial charge on any atom is -0.352 e. The zero-order chi connectivity index (χ0) is 16.2. The summed E-state index contributed by atoms with van der Waals surface area (Å²) < 4.78 is 14.6. The van der Waals surface area contributed by atoms with Crippen molar-refractivity contribution in [3.63, 3.8) is 0 Å². The van der Waals surface area contributed by atoms with Crippen molar-refractivity contribution in [3.05, 3.63) is 64.1 Å². The molecule has 0 unspecified atom stereocenters. The number of aromatic nitrogens is 2. The summed E-state index contributed by atoms with van der Waals surface area (Å²) in [7, 11) is 0. The van der Waals surface area contributed by atoms with Gasteiger partial charge in [-0.1, -0.05) is 23.7 Å². The number of thiazole rings is 1. The third kappa shape index (κ3) is 3.78. The molecule has 0 atom stereocenters. The van der Waals surface area contributed by atoms with Gasteiger partial charge in [0.2, 0.25) is 5.91 Å². The predicted molar refractivity (Wildman–Crippen MR) is 90.2 cm³/mol. The monoisotopic (exact) mass is 349 g/mol. The number of halogens is 2. The molecule has 0 fully saturated rings. The molecule has 1 N–H and O–H groups in total. The number of imidazole rings is 1. The van der Waals surface area contributed by atoms with Crippen LogP contribution in [0.3, 0.4) is 0 Å². The van der Waals surface area contributed by atoms with E-state index in [-0.39, 0.29) is 11.7 Å². The van der Waals surface area contributed by atoms with Crippen molar-refractivity contribution in [2.75, 3.05) is 6.54 Å². The van der Waals surface area contributed by atoms with Crippen LogP contribution in [0.5, 0.6) is 0 Å². The van der Waals surface area contributed by atoms with Gasteiger partial charge in [-0.15, -0.1) is 11.3 Å². The first-order valence-electron chi connectivity index (χ1n) is 6.95. The molecule has 3 rings (SSSR count). The lowest BCUT2D eigenvalue weighted by Crippen LogP contribution is -2.23. The second-order valence-electron chi connectivity index (χ2n) is 4.84. The quantitative estimate of drug-likeness (QED) is 0.716. The van der Waals surface area contributed by atoms with E-state index < -0.39 is 0 Å². The zero-order valence-electron chi connectivity index (χ0n) is 12.0. The standard InChI is InChI=1S/C16H13ClFN3OS/c17-15-13(21-9-10-23-16(21)20-15)5-6-14(22)19-8-7-11-1-3-12(18)4-2-11/h1-6,9-10H,7-8H2,(H,19,22)/b6-5+. The molecule has 0 spiro atoms. The molecule has 7 heteroatoms. The Balaban J connectivity index is 1.55. The van der Waals surface area contributed by atoms with Crippen molar-refractivity contribution < 1.29 is 9.18 Å². The van der Waals surface area contributed by atoms with Crippen LogP contribution in [0.2, 0.25) is 5.15 Å². The predicted octanol–water partition coefficient (Wildman–Crippen LogP) is 3.56. The molecule has 118 valence electrons. The molecule has 23 heavy (non-hydrogen) atoms. The van der Waals surface area contributed by atoms with Crippen LogP contribution in [0.4, 0.5) is 4.39 Å². The van der Waals surface area contributed by atoms with Crippen LogP contribution >= 0.6 is 22.9 Å². The molecular weight excluding hydrogens is 337 g/mol. The zero-order valence-corrected chi connectivity index (χ0v) is 13.6. The van der Waals surface area contributed by atoms with Gasteiger partial charge in [0.25, 0.3) is 0 Å². The highest BCUT2D eigenvalue weighted by Crippen LogP contribution is 2.22. The third-order valence-corrected chi connectivity index (χ3v) is 4.31. The van der Waals surface area contributed by atoms with Gasteiger partial charge in [0.15, 0.2) is 10.1 Å². The Bertz CT molecular complexity index is 854. The topological polar surface area (TPSA) is 46.4 Å². The third-order valence-electron chi connectivity index (χ3n) is 3.27. The molecule has 0 radical (unpaired) electrons. The average Bonchev–Trinajstić information content (AvgIpc) is 3.08. The van der Waals surface area contributed by atoms with Crippen LogP contribution in [-0.4, -0.2) is 21.8 Å². The molecule has 4 nitrogen and oxygen atoms in total. The van der Waals surface area contributed by atoms with E-state index in [1.807, 2.05) is 16.0 Å². The number of benzene rings is 1. The smallest absolute Gasteiger partial charge is 0.244 e. The van der Waals surface area contributed by atoms with Crippen molar-refractivity contribution in [3.8, 4) is 0 Å². The number of amides is 1. The second-order valence-corrected chi connectivity index (χ2v) is 6.08. The molecule has 0 saturated heterocycles. The molecule has 2 heterocycles. The van der Waals surface area contributed by atoms with Gasteiger partial charge in [-0.25, -0.2) is 9.37 Å². The van der Waals surface area contributed by atoms with E-state index in [4.69, 9.17) is 11.6 Å². The molecule has 0 aliphatic carbocycles. The molecule has 3 aromatic rings. The summed E-state index contributed by atoms with van der Waals surface area (Å²) in [6.45, 7) is 0.475. The highest BCUT2D eigenvalue weighted by atomic mass is 35.5. The maximum atomic E-state index is 12.8. The molecule has 1 amide bonds. The summed E-state index contributed by atoms with van der Waals surface area (Å²) in [5, 5.41) is 5.05. The first-order chi connectivity index (χ1) is 11.1. The Kier molecular flexibility index (Phi) is 4.73. The van der Waals surface area contributed by atoms with Crippen LogP contribution in [0.15, 0.2) is 41.9 Å². The summed E-state index contributed by atoms with van der Waals surface area (Å²) in [4.78, 5) is 16.8. The van der Waals surface area contributed by atoms with Crippen molar-refractivity contribution in [2.45, 2.75) is 6.42 Å². The van der Waals surface area contributed by atoms with E-state index in [2.05, 4.69) is 10.3 Å². The van der Waals surface area contributed by atoms with Gasteiger partial charge in [-0.2, -0.15) is 0 Å². The van der Waals surface area contributed by atoms with Gasteiger partial charge in [0.1, 0.15) is 5.82 Å². The minimum absolute atomic E-state index is 0.214. The fourth-order valence-corrected chi connectivity index (χ4v) is 3.13. The Labute approximate surface area is 141 Å². The molecular formula is C16H13ClFN3OS. The minimum atomic E-state index is -0.266. The highest BCUT2D eigenvalue weighted by molar-refractivity contribution is 7.15. The normalized spacial score (nSPS) is 11.4. The van der Waals surface area contributed by atoms with E-state index in [9.17, 15) is 9.18 Å². The lowest BCUT2D eigenvalue weighted by atomic mass is 10.1. The number of hydrogen-bond donors (Lipinski definition) is 1. The van der Waals surface area contributed by atoms with Gasteiger partial charge in [-0.3, -0.25) is 9.20 Å². The number of nitrogens with one attached hydrogen (secondary N) is 1. The fraction of sp³-hybridized carbons (Fsp3) is 0.125. The van der Waals surface area contributed by atoms with E-state index in [1.54, 1.807) is 18.2 Å². The van der Waals surface area contributed by atoms with E-state index in [1.165, 1.54) is 29.5 Å². The van der Waals surface area contributed by atoms with Crippen molar-refractivity contribution >= 4 is 39.9 Å². The average molecular weight is 350 g/mol. The summed E-state index contributed by atoms with van der Waals surface area (Å²) in [6.07, 6.45) is 5.56. The lowest BCUT2D eigenvalue weighted by molar-refractivity contribution is -0.116. The van der Waals surface area contributed by atoms with Crippen molar-refractivity contribution in [2.24, 2.45) is 0 Å². The SMILES string of the molecule is O=C(/C=C/c1c(Cl)nc2sccn12)NCCc1ccc(F)cc1. The van der Waals surface area contributed by atoms with Crippen molar-refractivity contribution in [1.29, 1.82) is 0 Å². The maximum absolute atomic E-state index is 12.8. The summed E-state index contributed by atoms with van der Waals surface area (Å²) >= 11 is 7.53. The Morgan fingerprint density at radius 1 is 1.39 bits per heavy atom. The largest absolute Gasteiger partial charge is 0.352 e. The summed E-state index contributed by atoms with van der Waals surface area (Å²) in [5.41, 5.74) is 1.64. The first kappa shape index (κ1) is 15.7. The second kappa shape index (κ2) is 6.93. The molecule has 2 aromatic heterocycles. The molecule has 0 aliphatic rings. The molecule has 0 bridgehead atoms. The van der Waals surface area contributed by atoms with E-state index in [0.717, 1.165) is 10.5 Å². The maximum Gasteiger partial charge on any atom is 0.244 e. The summed E-state index contributed by atoms with van der Waals surface area (Å²) in [6, 6.07) is 6.23. The van der Waals surface area contributed by atoms with Crippen LogP contribution < -0.4 is 5.32 Å². The molecule has 0 saturated carbocycles. The molecule has 0 aliphatic heterocycles. The van der Waals surface area contributed by atoms with E-state index >= 15 is 0 Å². The number of carbonyl (C=O) groups is 1. The highest BCUT2D eigenvalue weighted by Gasteiger charge is 2.08. The number of hydrogen-bond acceptors (Lipinski definition) is 3. The number of carbonyl (C=O) groups excluding carboxylic acids is 1. The van der Waals surface area contributed by atoms with Gasteiger partial charge in [0, 0.05) is 24.2 Å². The number of rotatable bonds is 5. The van der Waals surface area contributed by atoms with Gasteiger partial charge in [0.05, 0.1) is 5.69 Å². The Hall–Kier alpha value is -2.18. The van der Waals surface area contributed by atoms with Gasteiger partial charge < -0.3 is 5.32 Å².